The van der Waals surface area contributed by atoms with Crippen molar-refractivity contribution in [3.05, 3.63) is 29.8 Å². The molecule has 1 aromatic rings. The molecule has 8 heteroatoms. The molecule has 5 nitrogen and oxygen atoms in total. The van der Waals surface area contributed by atoms with E-state index in [1.807, 2.05) is 0 Å². The third-order valence-corrected chi connectivity index (χ3v) is 2.57. The largest absolute Gasteiger partial charge is 0.573 e. The quantitative estimate of drug-likeness (QED) is 0.890. The van der Waals surface area contributed by atoms with Crippen molar-refractivity contribution in [2.45, 2.75) is 18.9 Å². The van der Waals surface area contributed by atoms with Crippen molar-refractivity contribution < 1.29 is 27.4 Å². The molecular weight excluding hydrogens is 265 g/mol. The fourth-order valence-corrected chi connectivity index (χ4v) is 1.64. The summed E-state index contributed by atoms with van der Waals surface area (Å²) < 4.78 is 44.8. The Kier molecular flexibility index (Phi) is 2.88. The van der Waals surface area contributed by atoms with Crippen LogP contribution in [-0.2, 0) is 15.1 Å². The zero-order valence-electron chi connectivity index (χ0n) is 9.69. The molecule has 1 aliphatic rings. The van der Waals surface area contributed by atoms with Crippen LogP contribution >= 0.6 is 0 Å². The molecule has 0 radical (unpaired) electrons. The summed E-state index contributed by atoms with van der Waals surface area (Å²) in [4.78, 5) is 15.0. The van der Waals surface area contributed by atoms with Crippen LogP contribution < -0.4 is 10.5 Å². The Balaban J connectivity index is 2.22. The second kappa shape index (κ2) is 4.15. The lowest BCUT2D eigenvalue weighted by Crippen LogP contribution is -2.31. The second-order valence-corrected chi connectivity index (χ2v) is 3.96. The molecule has 0 saturated heterocycles. The minimum atomic E-state index is -4.77. The number of nitrogens with two attached hydrogens (primary N) is 1. The number of benzene rings is 1. The van der Waals surface area contributed by atoms with E-state index in [1.165, 1.54) is 19.1 Å². The number of alkyl halides is 3. The highest BCUT2D eigenvalue weighted by atomic mass is 19.4. The van der Waals surface area contributed by atoms with E-state index in [0.29, 0.717) is 5.56 Å². The highest BCUT2D eigenvalue weighted by molar-refractivity contribution is 6.01. The van der Waals surface area contributed by atoms with Gasteiger partial charge in [-0.3, -0.25) is 4.79 Å². The molecule has 1 amide bonds. The lowest BCUT2D eigenvalue weighted by atomic mass is 9.95. The summed E-state index contributed by atoms with van der Waals surface area (Å²) in [6.07, 6.45) is -4.77. The fourth-order valence-electron chi connectivity index (χ4n) is 1.64. The van der Waals surface area contributed by atoms with Crippen molar-refractivity contribution in [2.75, 3.05) is 0 Å². The SMILES string of the molecule is CC1(c2ccc(OC(F)(F)F)cc2)OC(N)=NC1=O. The van der Waals surface area contributed by atoms with Crippen LogP contribution in [0.3, 0.4) is 0 Å². The van der Waals surface area contributed by atoms with E-state index in [4.69, 9.17) is 10.5 Å². The van der Waals surface area contributed by atoms with Gasteiger partial charge in [-0.1, -0.05) is 12.1 Å². The molecule has 0 spiro atoms. The number of aliphatic imine (C=N–C) groups is 1. The summed E-state index contributed by atoms with van der Waals surface area (Å²) in [5.74, 6) is -1.01. The molecule has 19 heavy (non-hydrogen) atoms. The van der Waals surface area contributed by atoms with Crippen molar-refractivity contribution in [1.29, 1.82) is 0 Å². The van der Waals surface area contributed by atoms with Gasteiger partial charge in [-0.25, -0.2) is 0 Å². The topological polar surface area (TPSA) is 73.9 Å². The maximum atomic E-state index is 12.0. The smallest absolute Gasteiger partial charge is 0.444 e. The zero-order valence-corrected chi connectivity index (χ0v) is 9.69. The van der Waals surface area contributed by atoms with Crippen LogP contribution in [0.15, 0.2) is 29.3 Å². The van der Waals surface area contributed by atoms with Gasteiger partial charge in [0.2, 0.25) is 5.60 Å². The summed E-state index contributed by atoms with van der Waals surface area (Å²) in [6, 6.07) is 4.46. The van der Waals surface area contributed by atoms with E-state index in [2.05, 4.69) is 9.73 Å². The molecular formula is C11H9F3N2O3. The van der Waals surface area contributed by atoms with Crippen molar-refractivity contribution in [3.8, 4) is 5.75 Å². The van der Waals surface area contributed by atoms with Gasteiger partial charge in [-0.15, -0.1) is 13.2 Å². The molecule has 2 rings (SSSR count). The Hall–Kier alpha value is -2.25. The molecule has 0 aliphatic carbocycles. The molecule has 0 fully saturated rings. The summed E-state index contributed by atoms with van der Waals surface area (Å²) in [7, 11) is 0. The number of hydrogen-bond donors (Lipinski definition) is 1. The molecule has 1 atom stereocenters. The summed E-state index contributed by atoms with van der Waals surface area (Å²) >= 11 is 0. The summed E-state index contributed by atoms with van der Waals surface area (Å²) in [5, 5.41) is 0. The molecule has 0 aromatic heterocycles. The van der Waals surface area contributed by atoms with Gasteiger partial charge in [0.05, 0.1) is 0 Å². The van der Waals surface area contributed by atoms with Crippen LogP contribution in [0.4, 0.5) is 13.2 Å². The van der Waals surface area contributed by atoms with E-state index in [-0.39, 0.29) is 11.8 Å². The number of carbonyl (C=O) groups is 1. The predicted octanol–water partition coefficient (Wildman–Crippen LogP) is 1.67. The molecule has 102 valence electrons. The molecule has 1 unspecified atom stereocenters. The van der Waals surface area contributed by atoms with Gasteiger partial charge in [-0.05, 0) is 19.1 Å². The van der Waals surface area contributed by atoms with Crippen molar-refractivity contribution >= 4 is 11.9 Å². The van der Waals surface area contributed by atoms with Crippen molar-refractivity contribution in [1.82, 2.24) is 0 Å². The molecule has 1 aromatic carbocycles. The monoisotopic (exact) mass is 274 g/mol. The van der Waals surface area contributed by atoms with Gasteiger partial charge in [0.15, 0.2) is 0 Å². The number of amidine groups is 1. The Labute approximate surface area is 105 Å². The average Bonchev–Trinajstić information content (AvgIpc) is 2.52. The predicted molar refractivity (Wildman–Crippen MR) is 58.2 cm³/mol. The normalized spacial score (nSPS) is 22.9. The highest BCUT2D eigenvalue weighted by Gasteiger charge is 2.43. The van der Waals surface area contributed by atoms with Crippen LogP contribution in [0, 0.1) is 0 Å². The van der Waals surface area contributed by atoms with Crippen LogP contribution in [-0.4, -0.2) is 18.3 Å². The van der Waals surface area contributed by atoms with E-state index >= 15 is 0 Å². The first-order valence-electron chi connectivity index (χ1n) is 5.14. The van der Waals surface area contributed by atoms with Crippen LogP contribution in [0.2, 0.25) is 0 Å². The average molecular weight is 274 g/mol. The Morgan fingerprint density at radius 2 is 1.89 bits per heavy atom. The van der Waals surface area contributed by atoms with Gasteiger partial charge in [0, 0.05) is 5.56 Å². The Bertz CT molecular complexity index is 539. The number of carbonyl (C=O) groups excluding carboxylic acids is 1. The molecule has 1 heterocycles. The van der Waals surface area contributed by atoms with E-state index in [1.54, 1.807) is 0 Å². The van der Waals surface area contributed by atoms with Crippen LogP contribution in [0.1, 0.15) is 12.5 Å². The van der Waals surface area contributed by atoms with Gasteiger partial charge in [0.25, 0.3) is 11.9 Å². The van der Waals surface area contributed by atoms with Crippen LogP contribution in [0.25, 0.3) is 0 Å². The molecule has 0 bridgehead atoms. The Morgan fingerprint density at radius 1 is 1.32 bits per heavy atom. The Morgan fingerprint density at radius 3 is 2.32 bits per heavy atom. The number of rotatable bonds is 2. The zero-order chi connectivity index (χ0) is 14.3. The summed E-state index contributed by atoms with van der Waals surface area (Å²) in [6.45, 7) is 1.43. The minimum Gasteiger partial charge on any atom is -0.444 e. The lowest BCUT2D eigenvalue weighted by molar-refractivity contribution is -0.274. The highest BCUT2D eigenvalue weighted by Crippen LogP contribution is 2.32. The number of halogens is 3. The van der Waals surface area contributed by atoms with Crippen LogP contribution in [0.5, 0.6) is 5.75 Å². The first-order valence-corrected chi connectivity index (χ1v) is 5.14. The number of nitrogens with zero attached hydrogens (tertiary/aromatic N) is 1. The van der Waals surface area contributed by atoms with Gasteiger partial charge in [0.1, 0.15) is 5.75 Å². The summed E-state index contributed by atoms with van der Waals surface area (Å²) in [5.41, 5.74) is 4.20. The number of hydrogen-bond acceptors (Lipinski definition) is 4. The third-order valence-electron chi connectivity index (χ3n) is 2.57. The fraction of sp³-hybridized carbons (Fsp3) is 0.273. The third kappa shape index (κ3) is 2.61. The second-order valence-electron chi connectivity index (χ2n) is 3.96. The van der Waals surface area contributed by atoms with E-state index in [0.717, 1.165) is 12.1 Å². The minimum absolute atomic E-state index is 0.275. The first-order chi connectivity index (χ1) is 8.71. The maximum absolute atomic E-state index is 12.0. The maximum Gasteiger partial charge on any atom is 0.573 e. The van der Waals surface area contributed by atoms with Gasteiger partial charge in [-0.2, -0.15) is 4.99 Å². The molecule has 1 aliphatic heterocycles. The lowest BCUT2D eigenvalue weighted by Gasteiger charge is -2.21. The van der Waals surface area contributed by atoms with Gasteiger partial charge >= 0.3 is 6.36 Å². The molecule has 2 N–H and O–H groups in total. The number of ether oxygens (including phenoxy) is 2. The molecule has 0 saturated carbocycles. The standard InChI is InChI=1S/C11H9F3N2O3/c1-10(8(17)16-9(15)19-10)6-2-4-7(5-3-6)18-11(12,13)14/h2-5H,1H3,(H2,15,16,17). The van der Waals surface area contributed by atoms with E-state index < -0.39 is 17.9 Å². The van der Waals surface area contributed by atoms with Crippen molar-refractivity contribution in [3.63, 3.8) is 0 Å². The number of amides is 1. The van der Waals surface area contributed by atoms with Crippen molar-refractivity contribution in [2.24, 2.45) is 10.7 Å². The first kappa shape index (κ1) is 13.2. The van der Waals surface area contributed by atoms with E-state index in [9.17, 15) is 18.0 Å². The van der Waals surface area contributed by atoms with Gasteiger partial charge < -0.3 is 15.2 Å².